The van der Waals surface area contributed by atoms with Crippen LogP contribution in [0.2, 0.25) is 0 Å². The monoisotopic (exact) mass is 298 g/mol. The van der Waals surface area contributed by atoms with Crippen LogP contribution in [-0.2, 0) is 6.54 Å². The highest BCUT2D eigenvalue weighted by atomic mass is 32.1. The molecule has 108 valence electrons. The van der Waals surface area contributed by atoms with Gasteiger partial charge in [0.05, 0.1) is 12.1 Å². The minimum Gasteiger partial charge on any atom is -0.364 e. The summed E-state index contributed by atoms with van der Waals surface area (Å²) in [6.45, 7) is 5.08. The van der Waals surface area contributed by atoms with Gasteiger partial charge in [0, 0.05) is 22.2 Å². The molecule has 0 aliphatic heterocycles. The number of fused-ring (bicyclic) bond motifs is 1. The molecule has 0 fully saturated rings. The van der Waals surface area contributed by atoms with Crippen molar-refractivity contribution in [3.63, 3.8) is 0 Å². The molecule has 0 saturated carbocycles. The summed E-state index contributed by atoms with van der Waals surface area (Å²) in [5.41, 5.74) is 2.29. The second-order valence-corrected chi connectivity index (χ2v) is 6.31. The average molecular weight is 298 g/mol. The van der Waals surface area contributed by atoms with Crippen LogP contribution in [0.5, 0.6) is 0 Å². The van der Waals surface area contributed by atoms with Crippen LogP contribution in [-0.4, -0.2) is 17.0 Å². The van der Waals surface area contributed by atoms with Crippen LogP contribution in [0.1, 0.15) is 15.3 Å². The third kappa shape index (κ3) is 2.83. The quantitative estimate of drug-likeness (QED) is 0.765. The Morgan fingerprint density at radius 2 is 1.95 bits per heavy atom. The molecular weight excluding hydrogens is 280 g/mol. The smallest absolute Gasteiger partial charge is 0.224 e. The van der Waals surface area contributed by atoms with E-state index in [9.17, 15) is 0 Å². The highest BCUT2D eigenvalue weighted by molar-refractivity contribution is 7.12. The summed E-state index contributed by atoms with van der Waals surface area (Å²) in [6, 6.07) is 10.3. The van der Waals surface area contributed by atoms with Gasteiger partial charge >= 0.3 is 0 Å². The molecule has 0 spiro atoms. The van der Waals surface area contributed by atoms with Gasteiger partial charge in [-0.15, -0.1) is 11.3 Å². The van der Waals surface area contributed by atoms with Crippen molar-refractivity contribution in [2.24, 2.45) is 0 Å². The van der Waals surface area contributed by atoms with Gasteiger partial charge in [0.25, 0.3) is 0 Å². The average Bonchev–Trinajstić information content (AvgIpc) is 2.83. The van der Waals surface area contributed by atoms with Gasteiger partial charge in [0.15, 0.2) is 0 Å². The van der Waals surface area contributed by atoms with Crippen LogP contribution >= 0.6 is 11.3 Å². The number of para-hydroxylation sites is 1. The number of aromatic nitrogens is 2. The predicted octanol–water partition coefficient (Wildman–Crippen LogP) is 3.96. The molecular formula is C16H18N4S. The number of benzene rings is 1. The molecule has 0 aliphatic carbocycles. The second kappa shape index (κ2) is 5.69. The Kier molecular flexibility index (Phi) is 3.75. The molecule has 0 radical (unpaired) electrons. The Balaban J connectivity index is 1.92. The van der Waals surface area contributed by atoms with E-state index in [-0.39, 0.29) is 0 Å². The first kappa shape index (κ1) is 13.8. The summed E-state index contributed by atoms with van der Waals surface area (Å²) < 4.78 is 0. The fourth-order valence-electron chi connectivity index (χ4n) is 2.23. The van der Waals surface area contributed by atoms with E-state index in [0.717, 1.165) is 23.3 Å². The summed E-state index contributed by atoms with van der Waals surface area (Å²) in [7, 11) is 1.83. The van der Waals surface area contributed by atoms with Gasteiger partial charge in [-0.05, 0) is 37.6 Å². The first-order valence-electron chi connectivity index (χ1n) is 6.91. The fraction of sp³-hybridized carbons (Fsp3) is 0.250. The minimum absolute atomic E-state index is 0.634. The van der Waals surface area contributed by atoms with E-state index in [0.29, 0.717) is 5.95 Å². The number of aryl methyl sites for hydroxylation is 2. The topological polar surface area (TPSA) is 49.8 Å². The molecule has 5 heteroatoms. The third-order valence-corrected chi connectivity index (χ3v) is 4.63. The lowest BCUT2D eigenvalue weighted by Gasteiger charge is -2.09. The molecule has 3 rings (SSSR count). The lowest BCUT2D eigenvalue weighted by Crippen LogP contribution is -2.04. The van der Waals surface area contributed by atoms with Gasteiger partial charge in [0.1, 0.15) is 5.82 Å². The van der Waals surface area contributed by atoms with Gasteiger partial charge in [0.2, 0.25) is 5.95 Å². The molecule has 2 aromatic heterocycles. The van der Waals surface area contributed by atoms with E-state index in [1.165, 1.54) is 15.3 Å². The zero-order valence-electron chi connectivity index (χ0n) is 12.4. The Morgan fingerprint density at radius 1 is 1.14 bits per heavy atom. The zero-order valence-corrected chi connectivity index (χ0v) is 13.2. The van der Waals surface area contributed by atoms with E-state index < -0.39 is 0 Å². The van der Waals surface area contributed by atoms with Crippen LogP contribution in [0, 0.1) is 13.8 Å². The molecule has 3 aromatic rings. The molecule has 0 amide bonds. The summed E-state index contributed by atoms with van der Waals surface area (Å²) in [5, 5.41) is 7.49. The van der Waals surface area contributed by atoms with Gasteiger partial charge in [-0.2, -0.15) is 4.98 Å². The molecule has 0 saturated heterocycles. The van der Waals surface area contributed by atoms with Crippen molar-refractivity contribution in [2.45, 2.75) is 20.4 Å². The Bertz CT molecular complexity index is 760. The van der Waals surface area contributed by atoms with Gasteiger partial charge in [-0.1, -0.05) is 12.1 Å². The number of anilines is 2. The molecule has 4 nitrogen and oxygen atoms in total. The van der Waals surface area contributed by atoms with E-state index in [2.05, 4.69) is 40.5 Å². The third-order valence-electron chi connectivity index (χ3n) is 3.47. The number of hydrogen-bond acceptors (Lipinski definition) is 5. The lowest BCUT2D eigenvalue weighted by atomic mass is 10.2. The van der Waals surface area contributed by atoms with E-state index in [1.807, 2.05) is 42.6 Å². The maximum Gasteiger partial charge on any atom is 0.224 e. The number of rotatable bonds is 4. The van der Waals surface area contributed by atoms with Crippen molar-refractivity contribution in [3.8, 4) is 0 Å². The molecule has 1 aromatic carbocycles. The molecule has 2 heterocycles. The summed E-state index contributed by atoms with van der Waals surface area (Å²) >= 11 is 1.83. The van der Waals surface area contributed by atoms with Gasteiger partial charge in [-0.25, -0.2) is 4.98 Å². The van der Waals surface area contributed by atoms with Crippen LogP contribution in [0.25, 0.3) is 10.9 Å². The molecule has 21 heavy (non-hydrogen) atoms. The van der Waals surface area contributed by atoms with Crippen molar-refractivity contribution in [3.05, 3.63) is 45.6 Å². The summed E-state index contributed by atoms with van der Waals surface area (Å²) in [6.07, 6.45) is 0. The largest absolute Gasteiger partial charge is 0.364 e. The first-order valence-corrected chi connectivity index (χ1v) is 7.73. The van der Waals surface area contributed by atoms with Crippen molar-refractivity contribution in [1.29, 1.82) is 0 Å². The predicted molar refractivity (Wildman–Crippen MR) is 90.2 cm³/mol. The summed E-state index contributed by atoms with van der Waals surface area (Å²) in [5.74, 6) is 1.50. The van der Waals surface area contributed by atoms with Gasteiger partial charge < -0.3 is 10.6 Å². The van der Waals surface area contributed by atoms with Crippen molar-refractivity contribution >= 4 is 34.0 Å². The fourth-order valence-corrected chi connectivity index (χ4v) is 3.22. The number of nitrogens with zero attached hydrogens (tertiary/aromatic N) is 2. The molecule has 0 unspecified atom stereocenters. The number of thiophene rings is 1. The van der Waals surface area contributed by atoms with E-state index in [1.54, 1.807) is 0 Å². The normalized spacial score (nSPS) is 10.8. The van der Waals surface area contributed by atoms with Crippen molar-refractivity contribution in [2.75, 3.05) is 17.7 Å². The SMILES string of the molecule is CNc1nc(NCc2cc(C)c(C)s2)c2ccccc2n1. The van der Waals surface area contributed by atoms with Crippen LogP contribution < -0.4 is 10.6 Å². The highest BCUT2D eigenvalue weighted by Gasteiger charge is 2.07. The maximum absolute atomic E-state index is 4.53. The van der Waals surface area contributed by atoms with Crippen LogP contribution in [0.15, 0.2) is 30.3 Å². The Morgan fingerprint density at radius 3 is 2.67 bits per heavy atom. The standard InChI is InChI=1S/C16H18N4S/c1-10-8-12(21-11(10)2)9-18-15-13-6-4-5-7-14(13)19-16(17-3)20-15/h4-8H,9H2,1-3H3,(H2,17,18,19,20). The Labute approximate surface area is 128 Å². The van der Waals surface area contributed by atoms with E-state index in [4.69, 9.17) is 0 Å². The first-order chi connectivity index (χ1) is 10.2. The lowest BCUT2D eigenvalue weighted by molar-refractivity contribution is 1.12. The summed E-state index contributed by atoms with van der Waals surface area (Å²) in [4.78, 5) is 11.7. The highest BCUT2D eigenvalue weighted by Crippen LogP contribution is 2.25. The number of nitrogens with one attached hydrogen (secondary N) is 2. The maximum atomic E-state index is 4.53. The second-order valence-electron chi connectivity index (χ2n) is 4.97. The molecule has 2 N–H and O–H groups in total. The number of hydrogen-bond donors (Lipinski definition) is 2. The molecule has 0 atom stereocenters. The van der Waals surface area contributed by atoms with E-state index >= 15 is 0 Å². The zero-order chi connectivity index (χ0) is 14.8. The van der Waals surface area contributed by atoms with Crippen LogP contribution in [0.4, 0.5) is 11.8 Å². The molecule has 0 bridgehead atoms. The minimum atomic E-state index is 0.634. The Hall–Kier alpha value is -2.14. The van der Waals surface area contributed by atoms with Gasteiger partial charge in [-0.3, -0.25) is 0 Å². The van der Waals surface area contributed by atoms with Crippen molar-refractivity contribution < 1.29 is 0 Å². The van der Waals surface area contributed by atoms with Crippen molar-refractivity contribution in [1.82, 2.24) is 9.97 Å². The molecule has 0 aliphatic rings. The van der Waals surface area contributed by atoms with Crippen LogP contribution in [0.3, 0.4) is 0 Å².